The molecule has 0 saturated carbocycles. The number of hydrogen-bond donors (Lipinski definition) is 2. The SMILES string of the molecule is Cc1ccc(-c2ccc(/C=C/C(=O)NC(=S)Nc3cc4nn(-c5cccc6ccccc56)nc4cc3C)o2)cc1Cl. The van der Waals surface area contributed by atoms with Gasteiger partial charge in [0.2, 0.25) is 5.91 Å². The molecule has 0 unspecified atom stereocenters. The summed E-state index contributed by atoms with van der Waals surface area (Å²) in [6, 6.07) is 27.3. The highest BCUT2D eigenvalue weighted by molar-refractivity contribution is 7.80. The monoisotopic (exact) mass is 577 g/mol. The number of thiocarbonyl (C=S) groups is 1. The summed E-state index contributed by atoms with van der Waals surface area (Å²) < 4.78 is 5.84. The van der Waals surface area contributed by atoms with Crippen molar-refractivity contribution in [3.8, 4) is 17.0 Å². The highest BCUT2D eigenvalue weighted by atomic mass is 35.5. The molecule has 0 bridgehead atoms. The second-order valence-electron chi connectivity index (χ2n) is 9.59. The van der Waals surface area contributed by atoms with Gasteiger partial charge in [-0.2, -0.15) is 0 Å². The maximum Gasteiger partial charge on any atom is 0.250 e. The van der Waals surface area contributed by atoms with Crippen LogP contribution in [0.5, 0.6) is 0 Å². The second kappa shape index (κ2) is 11.0. The number of anilines is 1. The Hall–Kier alpha value is -4.79. The summed E-state index contributed by atoms with van der Waals surface area (Å²) in [5.41, 5.74) is 5.84. The van der Waals surface area contributed by atoms with Gasteiger partial charge < -0.3 is 9.73 Å². The first-order chi connectivity index (χ1) is 19.8. The van der Waals surface area contributed by atoms with Gasteiger partial charge in [-0.15, -0.1) is 15.0 Å². The van der Waals surface area contributed by atoms with Crippen molar-refractivity contribution in [2.24, 2.45) is 0 Å². The molecule has 9 heteroatoms. The van der Waals surface area contributed by atoms with Gasteiger partial charge in [-0.05, 0) is 85.1 Å². The third-order valence-corrected chi connectivity index (χ3v) is 7.29. The van der Waals surface area contributed by atoms with Crippen LogP contribution in [0.2, 0.25) is 5.02 Å². The standard InChI is InChI=1S/C32H24ClN5O2S/c1-19-10-11-22(17-25(19)33)30-14-12-23(40-30)13-15-31(39)35-32(41)34-26-18-28-27(16-20(26)2)36-38(37-28)29-9-5-7-21-6-3-4-8-24(21)29/h3-18H,1-2H3,(H2,34,35,39,41)/b15-13+. The van der Waals surface area contributed by atoms with E-state index in [-0.39, 0.29) is 11.0 Å². The number of rotatable bonds is 5. The molecule has 0 aliphatic carbocycles. The van der Waals surface area contributed by atoms with Crippen molar-refractivity contribution < 1.29 is 9.21 Å². The Kier molecular flexibility index (Phi) is 7.09. The average Bonchev–Trinajstić information content (AvgIpc) is 3.60. The predicted molar refractivity (Wildman–Crippen MR) is 168 cm³/mol. The molecule has 41 heavy (non-hydrogen) atoms. The van der Waals surface area contributed by atoms with Crippen LogP contribution in [0.1, 0.15) is 16.9 Å². The molecule has 0 radical (unpaired) electrons. The highest BCUT2D eigenvalue weighted by Gasteiger charge is 2.12. The molecule has 2 N–H and O–H groups in total. The summed E-state index contributed by atoms with van der Waals surface area (Å²) >= 11 is 11.6. The van der Waals surface area contributed by atoms with E-state index in [0.717, 1.165) is 44.4 Å². The number of fused-ring (bicyclic) bond motifs is 2. The number of carbonyl (C=O) groups is 1. The number of aryl methyl sites for hydroxylation is 2. The van der Waals surface area contributed by atoms with Gasteiger partial charge in [0.05, 0.1) is 5.69 Å². The molecule has 1 amide bonds. The van der Waals surface area contributed by atoms with E-state index in [1.165, 1.54) is 6.08 Å². The van der Waals surface area contributed by atoms with E-state index < -0.39 is 0 Å². The molecule has 0 fully saturated rings. The van der Waals surface area contributed by atoms with Gasteiger partial charge in [-0.1, -0.05) is 60.1 Å². The zero-order valence-corrected chi connectivity index (χ0v) is 23.8. The number of aromatic nitrogens is 3. The quantitative estimate of drug-likeness (QED) is 0.162. The van der Waals surface area contributed by atoms with E-state index in [2.05, 4.69) is 28.8 Å². The maximum atomic E-state index is 12.5. The largest absolute Gasteiger partial charge is 0.457 e. The van der Waals surface area contributed by atoms with Gasteiger partial charge in [-0.25, -0.2) is 0 Å². The topological polar surface area (TPSA) is 85.0 Å². The molecular formula is C32H24ClN5O2S. The first-order valence-electron chi connectivity index (χ1n) is 12.9. The van der Waals surface area contributed by atoms with Crippen LogP contribution in [0.15, 0.2) is 95.4 Å². The number of halogens is 1. The summed E-state index contributed by atoms with van der Waals surface area (Å²) in [4.78, 5) is 14.2. The van der Waals surface area contributed by atoms with Crippen LogP contribution in [-0.2, 0) is 4.79 Å². The van der Waals surface area contributed by atoms with Crippen LogP contribution >= 0.6 is 23.8 Å². The number of hydrogen-bond acceptors (Lipinski definition) is 5. The molecule has 6 aromatic rings. The van der Waals surface area contributed by atoms with E-state index in [1.54, 1.807) is 16.9 Å². The number of amides is 1. The Bertz CT molecular complexity index is 1990. The molecule has 4 aromatic carbocycles. The Morgan fingerprint density at radius 3 is 2.54 bits per heavy atom. The normalized spacial score (nSPS) is 11.4. The van der Waals surface area contributed by atoms with Gasteiger partial charge in [-0.3, -0.25) is 10.1 Å². The smallest absolute Gasteiger partial charge is 0.250 e. The molecule has 202 valence electrons. The van der Waals surface area contributed by atoms with Crippen molar-refractivity contribution in [3.63, 3.8) is 0 Å². The lowest BCUT2D eigenvalue weighted by atomic mass is 10.1. The van der Waals surface area contributed by atoms with Gasteiger partial charge in [0.25, 0.3) is 0 Å². The fourth-order valence-corrected chi connectivity index (χ4v) is 4.89. The summed E-state index contributed by atoms with van der Waals surface area (Å²) in [5.74, 6) is 0.799. The van der Waals surface area contributed by atoms with Gasteiger partial charge in [0.1, 0.15) is 22.6 Å². The van der Waals surface area contributed by atoms with Crippen molar-refractivity contribution in [2.45, 2.75) is 13.8 Å². The highest BCUT2D eigenvalue weighted by Crippen LogP contribution is 2.28. The van der Waals surface area contributed by atoms with E-state index in [4.69, 9.17) is 38.4 Å². The van der Waals surface area contributed by atoms with Gasteiger partial charge >= 0.3 is 0 Å². The van der Waals surface area contributed by atoms with Crippen LogP contribution in [0.4, 0.5) is 5.69 Å². The lowest BCUT2D eigenvalue weighted by Gasteiger charge is -2.10. The summed E-state index contributed by atoms with van der Waals surface area (Å²) in [6.07, 6.45) is 2.95. The fourth-order valence-electron chi connectivity index (χ4n) is 4.50. The Labute approximate surface area is 246 Å². The second-order valence-corrected chi connectivity index (χ2v) is 10.4. The van der Waals surface area contributed by atoms with Crippen molar-refractivity contribution >= 4 is 68.4 Å². The first-order valence-corrected chi connectivity index (χ1v) is 13.6. The molecule has 0 aliphatic rings. The number of nitrogens with zero attached hydrogens (tertiary/aromatic N) is 3. The van der Waals surface area contributed by atoms with Crippen LogP contribution in [-0.4, -0.2) is 26.0 Å². The molecule has 0 saturated heterocycles. The van der Waals surface area contributed by atoms with Crippen molar-refractivity contribution in [1.82, 2.24) is 20.3 Å². The first kappa shape index (κ1) is 26.4. The molecule has 2 aromatic heterocycles. The Morgan fingerprint density at radius 2 is 1.71 bits per heavy atom. The molecule has 0 spiro atoms. The fraction of sp³-hybridized carbons (Fsp3) is 0.0625. The lowest BCUT2D eigenvalue weighted by Crippen LogP contribution is -2.33. The molecule has 7 nitrogen and oxygen atoms in total. The van der Waals surface area contributed by atoms with E-state index >= 15 is 0 Å². The zero-order valence-electron chi connectivity index (χ0n) is 22.2. The molecule has 0 aliphatic heterocycles. The van der Waals surface area contributed by atoms with Crippen molar-refractivity contribution in [2.75, 3.05) is 5.32 Å². The molecular weight excluding hydrogens is 554 g/mol. The molecule has 0 atom stereocenters. The van der Waals surface area contributed by atoms with Crippen LogP contribution in [0, 0.1) is 13.8 Å². The van der Waals surface area contributed by atoms with Gasteiger partial charge in [0.15, 0.2) is 5.11 Å². The van der Waals surface area contributed by atoms with Crippen LogP contribution in [0.3, 0.4) is 0 Å². The summed E-state index contributed by atoms with van der Waals surface area (Å²) in [7, 11) is 0. The minimum Gasteiger partial charge on any atom is -0.457 e. The van der Waals surface area contributed by atoms with E-state index in [0.29, 0.717) is 22.1 Å². The predicted octanol–water partition coefficient (Wildman–Crippen LogP) is 7.63. The average molecular weight is 578 g/mol. The number of carbonyl (C=O) groups excluding carboxylic acids is 1. The summed E-state index contributed by atoms with van der Waals surface area (Å²) in [5, 5.41) is 18.2. The van der Waals surface area contributed by atoms with E-state index in [9.17, 15) is 4.79 Å². The third-order valence-electron chi connectivity index (χ3n) is 6.68. The molecule has 6 rings (SSSR count). The number of benzene rings is 4. The number of furan rings is 1. The minimum absolute atomic E-state index is 0.165. The maximum absolute atomic E-state index is 12.5. The van der Waals surface area contributed by atoms with Crippen molar-refractivity contribution in [3.05, 3.63) is 113 Å². The van der Waals surface area contributed by atoms with Gasteiger partial charge in [0, 0.05) is 27.7 Å². The Morgan fingerprint density at radius 1 is 0.927 bits per heavy atom. The zero-order chi connectivity index (χ0) is 28.5. The summed E-state index contributed by atoms with van der Waals surface area (Å²) in [6.45, 7) is 3.89. The third kappa shape index (κ3) is 5.61. The van der Waals surface area contributed by atoms with Crippen LogP contribution in [0.25, 0.3) is 44.9 Å². The van der Waals surface area contributed by atoms with Crippen molar-refractivity contribution in [1.29, 1.82) is 0 Å². The van der Waals surface area contributed by atoms with Crippen LogP contribution < -0.4 is 10.6 Å². The number of nitrogens with one attached hydrogen (secondary N) is 2. The lowest BCUT2D eigenvalue weighted by molar-refractivity contribution is -0.115. The van der Waals surface area contributed by atoms with E-state index in [1.807, 2.05) is 74.5 Å². The minimum atomic E-state index is -0.389. The molecule has 2 heterocycles. The Balaban J connectivity index is 1.13.